The van der Waals surface area contributed by atoms with Gasteiger partial charge < -0.3 is 10.5 Å². The molecule has 0 saturated heterocycles. The molecule has 0 fully saturated rings. The third kappa shape index (κ3) is 3.09. The molecule has 0 bridgehead atoms. The van der Waals surface area contributed by atoms with Gasteiger partial charge in [-0.25, -0.2) is 0 Å². The Kier molecular flexibility index (Phi) is 5.43. The van der Waals surface area contributed by atoms with Gasteiger partial charge >= 0.3 is 21.1 Å². The molecule has 1 aromatic heterocycles. The van der Waals surface area contributed by atoms with E-state index >= 15 is 0 Å². The molecule has 0 atom stereocenters. The molecule has 0 radical (unpaired) electrons. The third-order valence-corrected chi connectivity index (χ3v) is 4.70. The Morgan fingerprint density at radius 1 is 1.05 bits per heavy atom. The molecule has 0 aliphatic carbocycles. The van der Waals surface area contributed by atoms with Gasteiger partial charge in [-0.15, -0.1) is 16.4 Å². The Hall–Kier alpha value is -0.682. The first-order chi connectivity index (χ1) is 9.16. The molecule has 1 heterocycles. The van der Waals surface area contributed by atoms with E-state index in [0.717, 1.165) is 0 Å². The Balaban J connectivity index is 0.00000220. The molecular weight excluding hydrogens is 426 g/mol. The second-order valence-corrected chi connectivity index (χ2v) is 6.99. The zero-order valence-electron chi connectivity index (χ0n) is 14.6. The minimum absolute atomic E-state index is 0. The van der Waals surface area contributed by atoms with Crippen LogP contribution < -0.4 is 0 Å². The molecule has 0 amide bonds. The van der Waals surface area contributed by atoms with Crippen molar-refractivity contribution in [3.8, 4) is 0 Å². The van der Waals surface area contributed by atoms with Crippen LogP contribution in [0.15, 0.2) is 18.3 Å². The van der Waals surface area contributed by atoms with Crippen molar-refractivity contribution in [3.63, 3.8) is 0 Å². The summed E-state index contributed by atoms with van der Waals surface area (Å²) in [6, 6.07) is 4.66. The summed E-state index contributed by atoms with van der Waals surface area (Å²) in [7, 11) is 2.15. The van der Waals surface area contributed by atoms with Gasteiger partial charge in [-0.3, -0.25) is 0 Å². The van der Waals surface area contributed by atoms with Gasteiger partial charge in [0.05, 0.1) is 0 Å². The van der Waals surface area contributed by atoms with Crippen molar-refractivity contribution in [1.29, 1.82) is 0 Å². The van der Waals surface area contributed by atoms with Crippen molar-refractivity contribution in [3.05, 3.63) is 46.9 Å². The number of nitrogens with zero attached hydrogens (tertiary/aromatic N) is 1. The monoisotopic (exact) mass is 453 g/mol. The predicted octanol–water partition coefficient (Wildman–Crippen LogP) is 5.34. The van der Waals surface area contributed by atoms with E-state index in [9.17, 15) is 0 Å². The summed E-state index contributed by atoms with van der Waals surface area (Å²) in [6.07, 6.45) is 2.27. The van der Waals surface area contributed by atoms with Crippen LogP contribution >= 0.6 is 0 Å². The van der Waals surface area contributed by atoms with E-state index in [0.29, 0.717) is 0 Å². The summed E-state index contributed by atoms with van der Waals surface area (Å²) in [5.41, 5.74) is 5.60. The first kappa shape index (κ1) is 18.4. The summed E-state index contributed by atoms with van der Waals surface area (Å²) in [6.45, 7) is 15.7. The van der Waals surface area contributed by atoms with E-state index in [-0.39, 0.29) is 26.5 Å². The van der Waals surface area contributed by atoms with Crippen LogP contribution in [-0.4, -0.2) is 4.57 Å². The van der Waals surface area contributed by atoms with E-state index in [1.165, 1.54) is 39.4 Å². The van der Waals surface area contributed by atoms with Crippen LogP contribution in [0, 0.1) is 18.8 Å². The Bertz CT molecular complexity index is 633. The molecule has 0 aliphatic rings. The van der Waals surface area contributed by atoms with Crippen LogP contribution in [0.2, 0.25) is 0 Å². The molecule has 0 aliphatic heterocycles. The van der Waals surface area contributed by atoms with Crippen molar-refractivity contribution >= 4 is 10.9 Å². The van der Waals surface area contributed by atoms with Crippen LogP contribution in [0.5, 0.6) is 0 Å². The van der Waals surface area contributed by atoms with Gasteiger partial charge in [0, 0.05) is 0 Å². The van der Waals surface area contributed by atoms with Gasteiger partial charge in [-0.1, -0.05) is 45.5 Å². The molecule has 1 aromatic carbocycles. The maximum Gasteiger partial charge on any atom is 2.00 e. The van der Waals surface area contributed by atoms with Gasteiger partial charge in [-0.05, 0) is 25.6 Å². The molecule has 1 nitrogen and oxygen atoms in total. The van der Waals surface area contributed by atoms with Crippen molar-refractivity contribution in [1.82, 2.24) is 4.57 Å². The smallest absolute Gasteiger partial charge is 0.413 e. The molecule has 0 saturated carbocycles. The Labute approximate surface area is 144 Å². The summed E-state index contributed by atoms with van der Waals surface area (Å²) >= 11 is 0. The van der Waals surface area contributed by atoms with Crippen molar-refractivity contribution in [2.75, 3.05) is 0 Å². The van der Waals surface area contributed by atoms with E-state index < -0.39 is 0 Å². The van der Waals surface area contributed by atoms with Gasteiger partial charge in [0.15, 0.2) is 0 Å². The summed E-state index contributed by atoms with van der Waals surface area (Å²) in [5, 5.41) is 1.42. The summed E-state index contributed by atoms with van der Waals surface area (Å²) in [5.74, 6) is 2.83. The molecule has 2 aromatic rings. The quantitative estimate of drug-likeness (QED) is 0.554. The SMILES string of the molecule is Cc1cc(C(C)(C)[C-](C)C)c2c([C-](C)C)cn(C)c2c1.[W+2]. The number of aryl methyl sites for hydroxylation is 2. The summed E-state index contributed by atoms with van der Waals surface area (Å²) in [4.78, 5) is 0. The topological polar surface area (TPSA) is 4.93 Å². The van der Waals surface area contributed by atoms with Gasteiger partial charge in [0.1, 0.15) is 0 Å². The summed E-state index contributed by atoms with van der Waals surface area (Å²) < 4.78 is 2.26. The van der Waals surface area contributed by atoms with E-state index in [1.807, 2.05) is 0 Å². The van der Waals surface area contributed by atoms with Crippen LogP contribution in [0.25, 0.3) is 10.9 Å². The molecule has 2 heteroatoms. The first-order valence-corrected chi connectivity index (χ1v) is 7.37. The molecule has 0 unspecified atom stereocenters. The Morgan fingerprint density at radius 2 is 1.62 bits per heavy atom. The minimum Gasteiger partial charge on any atom is -0.413 e. The molecule has 2 rings (SSSR count). The van der Waals surface area contributed by atoms with Gasteiger partial charge in [0.25, 0.3) is 0 Å². The maximum absolute atomic E-state index is 2.36. The zero-order chi connectivity index (χ0) is 15.2. The fraction of sp³-hybridized carbons (Fsp3) is 0.474. The van der Waals surface area contributed by atoms with E-state index in [4.69, 9.17) is 0 Å². The maximum atomic E-state index is 2.36. The van der Waals surface area contributed by atoms with Crippen LogP contribution in [0.4, 0.5) is 0 Å². The zero-order valence-corrected chi connectivity index (χ0v) is 17.5. The number of aromatic nitrogens is 1. The Morgan fingerprint density at radius 3 is 2.10 bits per heavy atom. The molecule has 0 N–H and O–H groups in total. The van der Waals surface area contributed by atoms with Crippen LogP contribution in [0.1, 0.15) is 58.2 Å². The van der Waals surface area contributed by atoms with Gasteiger partial charge in [-0.2, -0.15) is 25.3 Å². The molecular formula is C19H27NW. The average Bonchev–Trinajstić information content (AvgIpc) is 2.66. The number of benzene rings is 1. The number of hydrogen-bond acceptors (Lipinski definition) is 0. The van der Waals surface area contributed by atoms with Crippen molar-refractivity contribution < 1.29 is 21.1 Å². The van der Waals surface area contributed by atoms with Crippen molar-refractivity contribution in [2.45, 2.75) is 53.9 Å². The van der Waals surface area contributed by atoms with Gasteiger partial charge in [0.2, 0.25) is 0 Å². The number of hydrogen-bond donors (Lipinski definition) is 0. The molecule has 114 valence electrons. The number of rotatable bonds is 3. The second kappa shape index (κ2) is 6.21. The van der Waals surface area contributed by atoms with Crippen LogP contribution in [-0.2, 0) is 33.5 Å². The third-order valence-electron chi connectivity index (χ3n) is 4.70. The fourth-order valence-corrected chi connectivity index (χ4v) is 2.80. The molecule has 21 heavy (non-hydrogen) atoms. The predicted molar refractivity (Wildman–Crippen MR) is 89.0 cm³/mol. The largest absolute Gasteiger partial charge is 2.00 e. The fourth-order valence-electron chi connectivity index (χ4n) is 2.80. The van der Waals surface area contributed by atoms with E-state index in [1.54, 1.807) is 0 Å². The normalized spacial score (nSPS) is 11.9. The average molecular weight is 453 g/mol. The second-order valence-electron chi connectivity index (χ2n) is 6.99. The van der Waals surface area contributed by atoms with E-state index in [2.05, 4.69) is 78.4 Å². The van der Waals surface area contributed by atoms with Crippen molar-refractivity contribution in [2.24, 2.45) is 7.05 Å². The molecule has 0 spiro atoms. The number of fused-ring (bicyclic) bond motifs is 1. The first-order valence-electron chi connectivity index (χ1n) is 7.37. The van der Waals surface area contributed by atoms with Crippen LogP contribution in [0.3, 0.4) is 0 Å². The minimum atomic E-state index is 0. The standard InChI is InChI=1S/C19H27N.W/c1-12(2)15-11-20(8)17-10-14(5)9-16(18(15)17)19(6,7)13(3)4;/h9-11H,1-8H3;/q-2;+2.